The maximum absolute atomic E-state index is 13.1. The van der Waals surface area contributed by atoms with Gasteiger partial charge < -0.3 is 9.57 Å². The van der Waals surface area contributed by atoms with Gasteiger partial charge in [0.2, 0.25) is 0 Å². The number of carbonyl (C=O) groups is 2. The molecule has 0 aromatic rings. The van der Waals surface area contributed by atoms with Gasteiger partial charge in [0.1, 0.15) is 11.9 Å². The first kappa shape index (κ1) is 21.3. The first-order chi connectivity index (χ1) is 13.6. The van der Waals surface area contributed by atoms with Crippen LogP contribution in [0.4, 0.5) is 0 Å². The van der Waals surface area contributed by atoms with Crippen LogP contribution in [-0.2, 0) is 19.2 Å². The second kappa shape index (κ2) is 10.4. The standard InChI is InChI=1S/C23H37NO4/c1-3-4-6-9-18-15-19(24-28-18)22-16-12-13-17(14-16)23(22)20(25)10-7-5-8-11-21(26)27-2/h16-18,22-23H,3-15H2,1-2H3/t16-,17+,18?,22-,23-/m1/s1. The van der Waals surface area contributed by atoms with Gasteiger partial charge in [-0.1, -0.05) is 31.3 Å². The third-order valence-corrected chi connectivity index (χ3v) is 7.09. The highest BCUT2D eigenvalue weighted by Crippen LogP contribution is 2.54. The van der Waals surface area contributed by atoms with Crippen LogP contribution < -0.4 is 0 Å². The van der Waals surface area contributed by atoms with E-state index in [0.29, 0.717) is 36.4 Å². The Morgan fingerprint density at radius 3 is 2.64 bits per heavy atom. The van der Waals surface area contributed by atoms with E-state index in [-0.39, 0.29) is 18.0 Å². The van der Waals surface area contributed by atoms with Gasteiger partial charge in [0, 0.05) is 31.1 Å². The molecule has 5 heteroatoms. The Morgan fingerprint density at radius 2 is 1.86 bits per heavy atom. The molecule has 28 heavy (non-hydrogen) atoms. The van der Waals surface area contributed by atoms with Crippen molar-refractivity contribution in [2.24, 2.45) is 28.8 Å². The van der Waals surface area contributed by atoms with Gasteiger partial charge in [-0.3, -0.25) is 9.59 Å². The van der Waals surface area contributed by atoms with Crippen molar-refractivity contribution in [2.75, 3.05) is 7.11 Å². The third kappa shape index (κ3) is 5.15. The summed E-state index contributed by atoms with van der Waals surface area (Å²) in [5, 5.41) is 4.48. The van der Waals surface area contributed by atoms with Crippen LogP contribution in [0.5, 0.6) is 0 Å². The van der Waals surface area contributed by atoms with Crippen molar-refractivity contribution < 1.29 is 19.2 Å². The summed E-state index contributed by atoms with van der Waals surface area (Å²) >= 11 is 0. The van der Waals surface area contributed by atoms with Gasteiger partial charge in [0.05, 0.1) is 12.8 Å². The number of hydrogen-bond donors (Lipinski definition) is 0. The second-order valence-corrected chi connectivity index (χ2v) is 9.00. The number of Topliss-reactive ketones (excluding diaryl/α,β-unsaturated/α-hetero) is 1. The van der Waals surface area contributed by atoms with E-state index in [1.807, 2.05) is 0 Å². The molecule has 2 aliphatic carbocycles. The smallest absolute Gasteiger partial charge is 0.305 e. The highest BCUT2D eigenvalue weighted by atomic mass is 16.6. The summed E-state index contributed by atoms with van der Waals surface area (Å²) in [6.45, 7) is 2.22. The highest BCUT2D eigenvalue weighted by molar-refractivity contribution is 5.94. The van der Waals surface area contributed by atoms with Crippen LogP contribution >= 0.6 is 0 Å². The molecule has 0 saturated heterocycles. The third-order valence-electron chi connectivity index (χ3n) is 7.09. The molecule has 1 unspecified atom stereocenters. The van der Waals surface area contributed by atoms with Crippen molar-refractivity contribution in [2.45, 2.75) is 96.5 Å². The largest absolute Gasteiger partial charge is 0.469 e. The molecule has 3 rings (SSSR count). The van der Waals surface area contributed by atoms with E-state index in [1.165, 1.54) is 51.3 Å². The SMILES string of the molecule is CCCCCC1CC([C@H]2[C@@H]3CC[C@@H](C3)[C@@H]2C(=O)CCCCCC(=O)OC)=NO1. The first-order valence-electron chi connectivity index (χ1n) is 11.5. The molecule has 1 aliphatic heterocycles. The predicted molar refractivity (Wildman–Crippen MR) is 109 cm³/mol. The van der Waals surface area contributed by atoms with Crippen molar-refractivity contribution in [3.05, 3.63) is 0 Å². The first-order valence-corrected chi connectivity index (χ1v) is 11.5. The van der Waals surface area contributed by atoms with Crippen LogP contribution in [0, 0.1) is 23.7 Å². The van der Waals surface area contributed by atoms with Crippen LogP contribution in [0.1, 0.15) is 90.4 Å². The number of methoxy groups -OCH3 is 1. The molecule has 0 spiro atoms. The van der Waals surface area contributed by atoms with E-state index in [0.717, 1.165) is 32.1 Å². The van der Waals surface area contributed by atoms with Gasteiger partial charge in [0.25, 0.3) is 0 Å². The number of unbranched alkanes of at least 4 members (excludes halogenated alkanes) is 4. The summed E-state index contributed by atoms with van der Waals surface area (Å²) in [6.07, 6.45) is 13.3. The van der Waals surface area contributed by atoms with Crippen LogP contribution in [0.2, 0.25) is 0 Å². The van der Waals surface area contributed by atoms with Crippen LogP contribution in [0.25, 0.3) is 0 Å². The van der Waals surface area contributed by atoms with Gasteiger partial charge in [-0.15, -0.1) is 0 Å². The summed E-state index contributed by atoms with van der Waals surface area (Å²) in [7, 11) is 1.42. The fraction of sp³-hybridized carbons (Fsp3) is 0.870. The molecule has 2 saturated carbocycles. The lowest BCUT2D eigenvalue weighted by Gasteiger charge is -2.29. The molecule has 0 amide bonds. The normalized spacial score (nSPS) is 30.9. The summed E-state index contributed by atoms with van der Waals surface area (Å²) < 4.78 is 4.67. The number of carbonyl (C=O) groups excluding carboxylic acids is 2. The number of esters is 1. The Labute approximate surface area is 169 Å². The average molecular weight is 392 g/mol. The lowest BCUT2D eigenvalue weighted by Crippen LogP contribution is -2.34. The van der Waals surface area contributed by atoms with Gasteiger partial charge in [-0.2, -0.15) is 0 Å². The quantitative estimate of drug-likeness (QED) is 0.344. The number of hydrogen-bond acceptors (Lipinski definition) is 5. The van der Waals surface area contributed by atoms with Gasteiger partial charge in [-0.05, 0) is 56.8 Å². The van der Waals surface area contributed by atoms with Crippen LogP contribution in [0.15, 0.2) is 5.16 Å². The van der Waals surface area contributed by atoms with Crippen LogP contribution in [0.3, 0.4) is 0 Å². The lowest BCUT2D eigenvalue weighted by molar-refractivity contribution is -0.140. The molecule has 2 bridgehead atoms. The number of ketones is 1. The van der Waals surface area contributed by atoms with E-state index in [1.54, 1.807) is 0 Å². The zero-order valence-electron chi connectivity index (χ0n) is 17.7. The van der Waals surface area contributed by atoms with Crippen molar-refractivity contribution in [3.8, 4) is 0 Å². The number of ether oxygens (including phenoxy) is 1. The zero-order valence-corrected chi connectivity index (χ0v) is 17.7. The minimum atomic E-state index is -0.160. The number of oxime groups is 1. The van der Waals surface area contributed by atoms with Gasteiger partial charge >= 0.3 is 5.97 Å². The molecule has 0 aromatic carbocycles. The molecular formula is C23H37NO4. The van der Waals surface area contributed by atoms with Crippen molar-refractivity contribution in [1.82, 2.24) is 0 Å². The Kier molecular flexibility index (Phi) is 7.92. The predicted octanol–water partition coefficient (Wildman–Crippen LogP) is 5.07. The second-order valence-electron chi connectivity index (χ2n) is 9.00. The molecule has 0 radical (unpaired) electrons. The van der Waals surface area contributed by atoms with E-state index in [9.17, 15) is 9.59 Å². The van der Waals surface area contributed by atoms with Crippen molar-refractivity contribution in [1.29, 1.82) is 0 Å². The molecule has 2 fully saturated rings. The fourth-order valence-corrected chi connectivity index (χ4v) is 5.67. The zero-order chi connectivity index (χ0) is 19.9. The summed E-state index contributed by atoms with van der Waals surface area (Å²) in [5.41, 5.74) is 1.18. The Hall–Kier alpha value is -1.39. The maximum atomic E-state index is 13.1. The summed E-state index contributed by atoms with van der Waals surface area (Å²) in [4.78, 5) is 30.0. The Balaban J connectivity index is 1.48. The summed E-state index contributed by atoms with van der Waals surface area (Å²) in [5.74, 6) is 1.95. The number of fused-ring (bicyclic) bond motifs is 2. The fourth-order valence-electron chi connectivity index (χ4n) is 5.67. The molecule has 5 nitrogen and oxygen atoms in total. The molecule has 0 aromatic heterocycles. The number of nitrogens with zero attached hydrogens (tertiary/aromatic N) is 1. The molecule has 0 N–H and O–H groups in total. The highest BCUT2D eigenvalue weighted by Gasteiger charge is 2.53. The van der Waals surface area contributed by atoms with E-state index in [2.05, 4.69) is 16.8 Å². The minimum Gasteiger partial charge on any atom is -0.469 e. The van der Waals surface area contributed by atoms with E-state index in [4.69, 9.17) is 4.84 Å². The van der Waals surface area contributed by atoms with Gasteiger partial charge in [-0.25, -0.2) is 0 Å². The Bertz CT molecular complexity index is 573. The maximum Gasteiger partial charge on any atom is 0.305 e. The van der Waals surface area contributed by atoms with E-state index < -0.39 is 0 Å². The minimum absolute atomic E-state index is 0.160. The lowest BCUT2D eigenvalue weighted by atomic mass is 9.72. The molecule has 5 atom stereocenters. The van der Waals surface area contributed by atoms with Crippen molar-refractivity contribution >= 4 is 17.5 Å². The van der Waals surface area contributed by atoms with Crippen molar-refractivity contribution in [3.63, 3.8) is 0 Å². The molecule has 3 aliphatic rings. The topological polar surface area (TPSA) is 65.0 Å². The van der Waals surface area contributed by atoms with Gasteiger partial charge in [0.15, 0.2) is 0 Å². The van der Waals surface area contributed by atoms with Crippen LogP contribution in [-0.4, -0.2) is 30.7 Å². The molecule has 1 heterocycles. The van der Waals surface area contributed by atoms with E-state index >= 15 is 0 Å². The molecular weight excluding hydrogens is 354 g/mol. The average Bonchev–Trinajstić information content (AvgIpc) is 3.43. The Morgan fingerprint density at radius 1 is 1.07 bits per heavy atom. The number of rotatable bonds is 12. The monoisotopic (exact) mass is 391 g/mol. The summed E-state index contributed by atoms with van der Waals surface area (Å²) in [6, 6.07) is 0. The molecule has 158 valence electrons.